The molecular weight excluding hydrogens is 212 g/mol. The van der Waals surface area contributed by atoms with E-state index in [0.717, 1.165) is 23.3 Å². The summed E-state index contributed by atoms with van der Waals surface area (Å²) in [5.74, 6) is 6.87. The van der Waals surface area contributed by atoms with Crippen LogP contribution in [0.15, 0.2) is 30.9 Å². The average Bonchev–Trinajstić information content (AvgIpc) is 2.36. The van der Waals surface area contributed by atoms with Crippen molar-refractivity contribution in [1.82, 2.24) is 0 Å². The number of ether oxygens (including phenoxy) is 1. The molecule has 0 amide bonds. The van der Waals surface area contributed by atoms with Gasteiger partial charge in [-0.25, -0.2) is 0 Å². The van der Waals surface area contributed by atoms with E-state index < -0.39 is 0 Å². The van der Waals surface area contributed by atoms with E-state index in [1.807, 2.05) is 24.3 Å². The number of methoxy groups -OCH3 is 1. The lowest BCUT2D eigenvalue weighted by Crippen LogP contribution is -1.90. The molecule has 0 aliphatic heterocycles. The van der Waals surface area contributed by atoms with E-state index in [-0.39, 0.29) is 6.61 Å². The third-order valence-corrected chi connectivity index (χ3v) is 2.33. The van der Waals surface area contributed by atoms with Crippen molar-refractivity contribution in [3.05, 3.63) is 42.0 Å². The molecule has 90 valence electrons. The van der Waals surface area contributed by atoms with Crippen molar-refractivity contribution in [2.75, 3.05) is 13.7 Å². The molecule has 0 spiro atoms. The van der Waals surface area contributed by atoms with E-state index in [9.17, 15) is 0 Å². The Labute approximate surface area is 103 Å². The lowest BCUT2D eigenvalue weighted by molar-refractivity contribution is 0.290. The summed E-state index contributed by atoms with van der Waals surface area (Å²) >= 11 is 0. The predicted octanol–water partition coefficient (Wildman–Crippen LogP) is 2.55. The Bertz CT molecular complexity index is 424. The van der Waals surface area contributed by atoms with Gasteiger partial charge in [-0.1, -0.05) is 24.0 Å². The Morgan fingerprint density at radius 2 is 2.29 bits per heavy atom. The van der Waals surface area contributed by atoms with E-state index in [2.05, 4.69) is 18.4 Å². The maximum Gasteiger partial charge on any atom is 0.134 e. The maximum atomic E-state index is 8.66. The van der Waals surface area contributed by atoms with Gasteiger partial charge in [0.2, 0.25) is 0 Å². The van der Waals surface area contributed by atoms with E-state index >= 15 is 0 Å². The third-order valence-electron chi connectivity index (χ3n) is 2.33. The summed E-state index contributed by atoms with van der Waals surface area (Å²) in [6.07, 6.45) is 4.11. The van der Waals surface area contributed by atoms with Crippen molar-refractivity contribution in [3.63, 3.8) is 0 Å². The van der Waals surface area contributed by atoms with Crippen molar-refractivity contribution in [2.45, 2.75) is 19.3 Å². The van der Waals surface area contributed by atoms with Gasteiger partial charge in [0.15, 0.2) is 0 Å². The lowest BCUT2D eigenvalue weighted by atomic mass is 10.1. The molecule has 0 aliphatic carbocycles. The van der Waals surface area contributed by atoms with Crippen molar-refractivity contribution >= 4 is 0 Å². The molecule has 0 saturated carbocycles. The molecule has 0 aliphatic rings. The smallest absolute Gasteiger partial charge is 0.134 e. The fraction of sp³-hybridized carbons (Fsp3) is 0.333. The van der Waals surface area contributed by atoms with E-state index in [1.54, 1.807) is 7.11 Å². The van der Waals surface area contributed by atoms with Crippen LogP contribution in [0.3, 0.4) is 0 Å². The zero-order chi connectivity index (χ0) is 12.5. The van der Waals surface area contributed by atoms with Crippen molar-refractivity contribution in [3.8, 4) is 17.6 Å². The molecule has 17 heavy (non-hydrogen) atoms. The standard InChI is InChI=1S/C15H18O2/c1-3-7-13-9-10-14(15(12-13)17-2)8-5-4-6-11-16/h3,9-10,12,16H,1,4,6-7,11H2,2H3. The van der Waals surface area contributed by atoms with Gasteiger partial charge in [-0.2, -0.15) is 0 Å². The maximum absolute atomic E-state index is 8.66. The van der Waals surface area contributed by atoms with Crippen LogP contribution >= 0.6 is 0 Å². The summed E-state index contributed by atoms with van der Waals surface area (Å²) in [4.78, 5) is 0. The van der Waals surface area contributed by atoms with E-state index in [0.29, 0.717) is 12.8 Å². The summed E-state index contributed by atoms with van der Waals surface area (Å²) in [5, 5.41) is 8.66. The largest absolute Gasteiger partial charge is 0.495 e. The van der Waals surface area contributed by atoms with Gasteiger partial charge in [0.1, 0.15) is 5.75 Å². The molecule has 0 fully saturated rings. The molecule has 0 heterocycles. The summed E-state index contributed by atoms with van der Waals surface area (Å²) in [5.41, 5.74) is 2.05. The number of aliphatic hydroxyl groups is 1. The van der Waals surface area contributed by atoms with Crippen LogP contribution in [0.4, 0.5) is 0 Å². The predicted molar refractivity (Wildman–Crippen MR) is 70.1 cm³/mol. The average molecular weight is 230 g/mol. The van der Waals surface area contributed by atoms with Crippen LogP contribution in [0.25, 0.3) is 0 Å². The SMILES string of the molecule is C=CCc1ccc(C#CCCCO)c(OC)c1. The molecule has 0 saturated heterocycles. The molecule has 1 aromatic rings. The van der Waals surface area contributed by atoms with Crippen LogP contribution in [-0.2, 0) is 6.42 Å². The Morgan fingerprint density at radius 1 is 1.47 bits per heavy atom. The lowest BCUT2D eigenvalue weighted by Gasteiger charge is -2.05. The van der Waals surface area contributed by atoms with Crippen LogP contribution < -0.4 is 4.74 Å². The highest BCUT2D eigenvalue weighted by Gasteiger charge is 2.00. The van der Waals surface area contributed by atoms with Crippen LogP contribution in [0, 0.1) is 11.8 Å². The molecule has 0 bridgehead atoms. The van der Waals surface area contributed by atoms with Gasteiger partial charge in [-0.15, -0.1) is 6.58 Å². The molecule has 0 atom stereocenters. The first-order chi connectivity index (χ1) is 8.31. The molecule has 0 radical (unpaired) electrons. The zero-order valence-electron chi connectivity index (χ0n) is 10.2. The monoisotopic (exact) mass is 230 g/mol. The first-order valence-corrected chi connectivity index (χ1v) is 5.69. The molecule has 2 heteroatoms. The fourth-order valence-electron chi connectivity index (χ4n) is 1.46. The zero-order valence-corrected chi connectivity index (χ0v) is 10.2. The third kappa shape index (κ3) is 4.34. The van der Waals surface area contributed by atoms with Crippen molar-refractivity contribution in [1.29, 1.82) is 0 Å². The first kappa shape index (κ1) is 13.3. The minimum absolute atomic E-state index is 0.185. The van der Waals surface area contributed by atoms with Gasteiger partial charge < -0.3 is 9.84 Å². The normalized spacial score (nSPS) is 9.29. The second-order valence-corrected chi connectivity index (χ2v) is 3.66. The molecule has 1 rings (SSSR count). The molecule has 0 unspecified atom stereocenters. The quantitative estimate of drug-likeness (QED) is 0.478. The minimum Gasteiger partial charge on any atom is -0.495 e. The van der Waals surface area contributed by atoms with E-state index in [4.69, 9.17) is 9.84 Å². The van der Waals surface area contributed by atoms with E-state index in [1.165, 1.54) is 0 Å². The van der Waals surface area contributed by atoms with Gasteiger partial charge in [-0.05, 0) is 30.5 Å². The van der Waals surface area contributed by atoms with Crippen LogP contribution in [0.1, 0.15) is 24.0 Å². The van der Waals surface area contributed by atoms with Crippen LogP contribution in [0.2, 0.25) is 0 Å². The molecule has 1 aromatic carbocycles. The molecule has 1 N–H and O–H groups in total. The van der Waals surface area contributed by atoms with Crippen LogP contribution in [0.5, 0.6) is 5.75 Å². The summed E-state index contributed by atoms with van der Waals surface area (Å²) < 4.78 is 5.30. The van der Waals surface area contributed by atoms with Gasteiger partial charge in [0, 0.05) is 13.0 Å². The number of rotatable bonds is 5. The second-order valence-electron chi connectivity index (χ2n) is 3.66. The van der Waals surface area contributed by atoms with Gasteiger partial charge in [-0.3, -0.25) is 0 Å². The highest BCUT2D eigenvalue weighted by Crippen LogP contribution is 2.19. The topological polar surface area (TPSA) is 29.5 Å². The van der Waals surface area contributed by atoms with Crippen molar-refractivity contribution in [2.24, 2.45) is 0 Å². The highest BCUT2D eigenvalue weighted by molar-refractivity contribution is 5.48. The number of aliphatic hydroxyl groups excluding tert-OH is 1. The number of unbranched alkanes of at least 4 members (excludes halogenated alkanes) is 1. The molecular formula is C15H18O2. The number of hydrogen-bond donors (Lipinski definition) is 1. The second kappa shape index (κ2) is 7.54. The highest BCUT2D eigenvalue weighted by atomic mass is 16.5. The number of hydrogen-bond acceptors (Lipinski definition) is 2. The Hall–Kier alpha value is -1.72. The Morgan fingerprint density at radius 3 is 2.94 bits per heavy atom. The first-order valence-electron chi connectivity index (χ1n) is 5.69. The summed E-state index contributed by atoms with van der Waals surface area (Å²) in [7, 11) is 1.64. The molecule has 0 aromatic heterocycles. The summed E-state index contributed by atoms with van der Waals surface area (Å²) in [6.45, 7) is 3.90. The van der Waals surface area contributed by atoms with Crippen molar-refractivity contribution < 1.29 is 9.84 Å². The fourth-order valence-corrected chi connectivity index (χ4v) is 1.46. The van der Waals surface area contributed by atoms with Gasteiger partial charge in [0.05, 0.1) is 12.7 Å². The van der Waals surface area contributed by atoms with Gasteiger partial charge in [0.25, 0.3) is 0 Å². The number of benzene rings is 1. The van der Waals surface area contributed by atoms with Crippen LogP contribution in [-0.4, -0.2) is 18.8 Å². The van der Waals surface area contributed by atoms with Gasteiger partial charge >= 0.3 is 0 Å². The molecule has 2 nitrogen and oxygen atoms in total. The number of allylic oxidation sites excluding steroid dienone is 1. The Kier molecular flexibility index (Phi) is 5.92. The summed E-state index contributed by atoms with van der Waals surface area (Å²) in [6, 6.07) is 5.97. The Balaban J connectivity index is 2.83. The minimum atomic E-state index is 0.185.